The number of nitrogens with zero attached hydrogens (tertiary/aromatic N) is 2. The van der Waals surface area contributed by atoms with E-state index in [1.54, 1.807) is 0 Å². The third-order valence-electron chi connectivity index (χ3n) is 4.15. The Morgan fingerprint density at radius 1 is 1.47 bits per heavy atom. The molecule has 0 saturated heterocycles. The molecule has 3 nitrogen and oxygen atoms in total. The van der Waals surface area contributed by atoms with Gasteiger partial charge in [-0.3, -0.25) is 4.68 Å². The molecule has 0 radical (unpaired) electrons. The van der Waals surface area contributed by atoms with Crippen molar-refractivity contribution >= 4 is 0 Å². The van der Waals surface area contributed by atoms with Crippen LogP contribution in [0.3, 0.4) is 0 Å². The summed E-state index contributed by atoms with van der Waals surface area (Å²) in [6, 6.07) is 0.220. The lowest BCUT2D eigenvalue weighted by Crippen LogP contribution is -2.19. The average molecular weight is 205 g/mol. The van der Waals surface area contributed by atoms with Gasteiger partial charge in [-0.25, -0.2) is 0 Å². The van der Waals surface area contributed by atoms with Gasteiger partial charge in [0, 0.05) is 24.3 Å². The molecular formula is C12H19N3. The van der Waals surface area contributed by atoms with E-state index >= 15 is 0 Å². The van der Waals surface area contributed by atoms with Crippen molar-refractivity contribution in [3.8, 4) is 0 Å². The van der Waals surface area contributed by atoms with Crippen LogP contribution in [0.15, 0.2) is 12.4 Å². The second-order valence-electron chi connectivity index (χ2n) is 5.14. The fraction of sp³-hybridized carbons (Fsp3) is 0.750. The van der Waals surface area contributed by atoms with Crippen LogP contribution in [0.1, 0.15) is 37.8 Å². The molecular weight excluding hydrogens is 186 g/mol. The minimum Gasteiger partial charge on any atom is -0.324 e. The SMILES string of the molecule is CCn1cc(C(N)C2CC3CC3C2)cn1. The number of aryl methyl sites for hydroxylation is 1. The quantitative estimate of drug-likeness (QED) is 0.819. The molecule has 0 bridgehead atoms. The third-order valence-corrected chi connectivity index (χ3v) is 4.15. The van der Waals surface area contributed by atoms with Crippen LogP contribution in [0.25, 0.3) is 0 Å². The van der Waals surface area contributed by atoms with Crippen molar-refractivity contribution in [2.24, 2.45) is 23.5 Å². The molecule has 0 spiro atoms. The summed E-state index contributed by atoms with van der Waals surface area (Å²) < 4.78 is 1.96. The van der Waals surface area contributed by atoms with Crippen LogP contribution in [-0.4, -0.2) is 9.78 Å². The van der Waals surface area contributed by atoms with Gasteiger partial charge in [0.1, 0.15) is 0 Å². The molecule has 2 aliphatic carbocycles. The number of hydrogen-bond donors (Lipinski definition) is 1. The van der Waals surface area contributed by atoms with Crippen LogP contribution < -0.4 is 5.73 Å². The van der Waals surface area contributed by atoms with Crippen molar-refractivity contribution in [3.05, 3.63) is 18.0 Å². The van der Waals surface area contributed by atoms with Crippen molar-refractivity contribution in [2.45, 2.75) is 38.8 Å². The fourth-order valence-corrected chi connectivity index (χ4v) is 3.05. The Bertz CT molecular complexity index is 348. The van der Waals surface area contributed by atoms with Crippen molar-refractivity contribution in [1.29, 1.82) is 0 Å². The zero-order valence-corrected chi connectivity index (χ0v) is 9.26. The van der Waals surface area contributed by atoms with Crippen LogP contribution in [0.5, 0.6) is 0 Å². The van der Waals surface area contributed by atoms with Gasteiger partial charge in [0.2, 0.25) is 0 Å². The molecule has 0 aromatic carbocycles. The Morgan fingerprint density at radius 2 is 2.20 bits per heavy atom. The van der Waals surface area contributed by atoms with Gasteiger partial charge < -0.3 is 5.73 Å². The fourth-order valence-electron chi connectivity index (χ4n) is 3.05. The van der Waals surface area contributed by atoms with Crippen molar-refractivity contribution in [1.82, 2.24) is 9.78 Å². The highest BCUT2D eigenvalue weighted by atomic mass is 15.3. The third kappa shape index (κ3) is 1.59. The zero-order valence-electron chi connectivity index (χ0n) is 9.26. The molecule has 3 atom stereocenters. The van der Waals surface area contributed by atoms with E-state index in [1.807, 2.05) is 10.9 Å². The van der Waals surface area contributed by atoms with E-state index in [0.717, 1.165) is 18.4 Å². The number of nitrogens with two attached hydrogens (primary N) is 1. The molecule has 3 unspecified atom stereocenters. The second-order valence-corrected chi connectivity index (χ2v) is 5.14. The maximum absolute atomic E-state index is 6.30. The molecule has 82 valence electrons. The normalized spacial score (nSPS) is 35.2. The van der Waals surface area contributed by atoms with Gasteiger partial charge in [0.15, 0.2) is 0 Å². The van der Waals surface area contributed by atoms with Gasteiger partial charge in [-0.2, -0.15) is 5.10 Å². The molecule has 2 fully saturated rings. The van der Waals surface area contributed by atoms with Crippen LogP contribution in [0, 0.1) is 17.8 Å². The zero-order chi connectivity index (χ0) is 10.4. The number of rotatable bonds is 3. The first-order chi connectivity index (χ1) is 7.28. The van der Waals surface area contributed by atoms with Gasteiger partial charge in [0.05, 0.1) is 6.20 Å². The lowest BCUT2D eigenvalue weighted by atomic mass is 9.91. The number of hydrogen-bond acceptors (Lipinski definition) is 2. The van der Waals surface area contributed by atoms with Gasteiger partial charge in [-0.15, -0.1) is 0 Å². The topological polar surface area (TPSA) is 43.8 Å². The highest BCUT2D eigenvalue weighted by Gasteiger charge is 2.47. The minimum atomic E-state index is 0.220. The molecule has 0 aliphatic heterocycles. The van der Waals surface area contributed by atoms with E-state index in [9.17, 15) is 0 Å². The van der Waals surface area contributed by atoms with Crippen LogP contribution >= 0.6 is 0 Å². The Labute approximate surface area is 90.7 Å². The lowest BCUT2D eigenvalue weighted by Gasteiger charge is -2.18. The summed E-state index contributed by atoms with van der Waals surface area (Å²) in [5.74, 6) is 2.74. The number of aromatic nitrogens is 2. The average Bonchev–Trinajstić information content (AvgIpc) is 2.73. The largest absolute Gasteiger partial charge is 0.324 e. The van der Waals surface area contributed by atoms with E-state index in [2.05, 4.69) is 18.2 Å². The molecule has 3 rings (SSSR count). The summed E-state index contributed by atoms with van der Waals surface area (Å²) in [6.07, 6.45) is 8.22. The number of fused-ring (bicyclic) bond motifs is 1. The van der Waals surface area contributed by atoms with E-state index in [-0.39, 0.29) is 6.04 Å². The van der Waals surface area contributed by atoms with E-state index in [4.69, 9.17) is 5.73 Å². The Kier molecular flexibility index (Phi) is 2.09. The molecule has 2 aliphatic rings. The summed E-state index contributed by atoms with van der Waals surface area (Å²) in [5.41, 5.74) is 7.52. The molecule has 2 N–H and O–H groups in total. The summed E-state index contributed by atoms with van der Waals surface area (Å²) in [5, 5.41) is 4.29. The van der Waals surface area contributed by atoms with Crippen LogP contribution in [-0.2, 0) is 6.54 Å². The summed E-state index contributed by atoms with van der Waals surface area (Å²) in [4.78, 5) is 0. The maximum Gasteiger partial charge on any atom is 0.0537 e. The van der Waals surface area contributed by atoms with E-state index < -0.39 is 0 Å². The van der Waals surface area contributed by atoms with Crippen LogP contribution in [0.4, 0.5) is 0 Å². The molecule has 1 heterocycles. The Hall–Kier alpha value is -0.830. The van der Waals surface area contributed by atoms with Crippen LogP contribution in [0.2, 0.25) is 0 Å². The van der Waals surface area contributed by atoms with E-state index in [1.165, 1.54) is 24.8 Å². The summed E-state index contributed by atoms with van der Waals surface area (Å²) in [6.45, 7) is 3.04. The van der Waals surface area contributed by atoms with Gasteiger partial charge >= 0.3 is 0 Å². The first kappa shape index (κ1) is 9.40. The molecule has 15 heavy (non-hydrogen) atoms. The first-order valence-electron chi connectivity index (χ1n) is 6.06. The van der Waals surface area contributed by atoms with Gasteiger partial charge in [-0.1, -0.05) is 0 Å². The Balaban J connectivity index is 1.70. The monoisotopic (exact) mass is 205 g/mol. The molecule has 3 heteroatoms. The highest BCUT2D eigenvalue weighted by Crippen LogP contribution is 2.56. The van der Waals surface area contributed by atoms with Gasteiger partial charge in [-0.05, 0) is 43.9 Å². The molecule has 0 amide bonds. The first-order valence-corrected chi connectivity index (χ1v) is 6.06. The molecule has 1 aromatic heterocycles. The van der Waals surface area contributed by atoms with Crippen molar-refractivity contribution < 1.29 is 0 Å². The second kappa shape index (κ2) is 3.34. The standard InChI is InChI=1S/C12H19N3/c1-2-15-7-11(6-14-15)12(13)10-4-8-3-9(8)5-10/h6-10,12H,2-5,13H2,1H3. The highest BCUT2D eigenvalue weighted by molar-refractivity contribution is 5.13. The van der Waals surface area contributed by atoms with Gasteiger partial charge in [0.25, 0.3) is 0 Å². The van der Waals surface area contributed by atoms with E-state index in [0.29, 0.717) is 5.92 Å². The van der Waals surface area contributed by atoms with Crippen molar-refractivity contribution in [2.75, 3.05) is 0 Å². The van der Waals surface area contributed by atoms with Crippen molar-refractivity contribution in [3.63, 3.8) is 0 Å². The maximum atomic E-state index is 6.30. The molecule has 2 saturated carbocycles. The Morgan fingerprint density at radius 3 is 2.80 bits per heavy atom. The predicted octanol–water partition coefficient (Wildman–Crippen LogP) is 1.95. The summed E-state index contributed by atoms with van der Waals surface area (Å²) >= 11 is 0. The minimum absolute atomic E-state index is 0.220. The lowest BCUT2D eigenvalue weighted by molar-refractivity contribution is 0.404. The molecule has 1 aromatic rings. The summed E-state index contributed by atoms with van der Waals surface area (Å²) in [7, 11) is 0. The smallest absolute Gasteiger partial charge is 0.0537 e. The predicted molar refractivity (Wildman–Crippen MR) is 59.2 cm³/mol.